The average Bonchev–Trinajstić information content (AvgIpc) is 3.43. The molecule has 9 heteroatoms. The van der Waals surface area contributed by atoms with Crippen molar-refractivity contribution in [2.45, 2.75) is 0 Å². The van der Waals surface area contributed by atoms with Gasteiger partial charge in [0.1, 0.15) is 17.3 Å². The molecule has 0 saturated carbocycles. The van der Waals surface area contributed by atoms with Crippen LogP contribution in [0.15, 0.2) is 49.1 Å². The largest absolute Gasteiger partial charge is 0.506 e. The van der Waals surface area contributed by atoms with Crippen molar-refractivity contribution in [2.75, 3.05) is 38.1 Å². The minimum atomic E-state index is 0.108. The summed E-state index contributed by atoms with van der Waals surface area (Å²) in [5.74, 6) is 1.11. The lowest BCUT2D eigenvalue weighted by Gasteiger charge is -2.33. The standard InChI is InChI=1S/C23H22N8O/c1-30-4-6-31(7-5-30)23-17-10-20(27-18(17)2-3-25-23)22-16-9-19(26-13-21(16)28-29-22)14-8-15(32)12-24-11-14/h2-3,8-13,27,32H,4-7H2,1H3,(H,28,29). The second-order valence-electron chi connectivity index (χ2n) is 8.19. The summed E-state index contributed by atoms with van der Waals surface area (Å²) in [6.07, 6.45) is 6.70. The SMILES string of the molecule is CN1CCN(c2nccc3[nH]c(-c4n[nH]c5cnc(-c6cncc(O)c6)cc45)cc23)CC1. The first-order chi connectivity index (χ1) is 15.7. The molecule has 0 spiro atoms. The number of hydrogen-bond acceptors (Lipinski definition) is 7. The zero-order chi connectivity index (χ0) is 21.7. The maximum atomic E-state index is 9.78. The van der Waals surface area contributed by atoms with Crippen LogP contribution in [0.4, 0.5) is 5.82 Å². The maximum Gasteiger partial charge on any atom is 0.138 e. The Morgan fingerprint density at radius 2 is 1.81 bits per heavy atom. The molecule has 1 fully saturated rings. The van der Waals surface area contributed by atoms with Crippen molar-refractivity contribution in [1.82, 2.24) is 35.0 Å². The van der Waals surface area contributed by atoms with Crippen LogP contribution in [0.1, 0.15) is 0 Å². The van der Waals surface area contributed by atoms with Gasteiger partial charge in [0, 0.05) is 54.9 Å². The van der Waals surface area contributed by atoms with Gasteiger partial charge in [0.05, 0.1) is 34.8 Å². The van der Waals surface area contributed by atoms with Gasteiger partial charge in [0.15, 0.2) is 0 Å². The molecule has 1 aliphatic heterocycles. The molecule has 1 aliphatic rings. The number of aromatic amines is 2. The van der Waals surface area contributed by atoms with Crippen molar-refractivity contribution in [3.05, 3.63) is 49.1 Å². The summed E-state index contributed by atoms with van der Waals surface area (Å²) in [7, 11) is 2.15. The Kier molecular flexibility index (Phi) is 4.29. The predicted octanol–water partition coefficient (Wildman–Crippen LogP) is 3.02. The Bertz CT molecular complexity index is 1430. The third-order valence-electron chi connectivity index (χ3n) is 6.05. The van der Waals surface area contributed by atoms with Gasteiger partial charge in [-0.25, -0.2) is 4.98 Å². The number of H-pyrrole nitrogens is 2. The Morgan fingerprint density at radius 3 is 2.66 bits per heavy atom. The van der Waals surface area contributed by atoms with Crippen LogP contribution in [0.5, 0.6) is 5.75 Å². The van der Waals surface area contributed by atoms with Crippen molar-refractivity contribution in [2.24, 2.45) is 0 Å². The Hall–Kier alpha value is -3.98. The Balaban J connectivity index is 1.44. The summed E-state index contributed by atoms with van der Waals surface area (Å²) < 4.78 is 0. The van der Waals surface area contributed by atoms with Gasteiger partial charge >= 0.3 is 0 Å². The average molecular weight is 426 g/mol. The highest BCUT2D eigenvalue weighted by molar-refractivity contribution is 5.99. The summed E-state index contributed by atoms with van der Waals surface area (Å²) in [4.78, 5) is 21.4. The molecule has 32 heavy (non-hydrogen) atoms. The topological polar surface area (TPSA) is 110 Å². The molecule has 5 aromatic rings. The number of nitrogens with one attached hydrogen (secondary N) is 2. The Labute approximate surface area is 183 Å². The van der Waals surface area contributed by atoms with Crippen molar-refractivity contribution >= 4 is 27.6 Å². The van der Waals surface area contributed by atoms with Gasteiger partial charge in [-0.05, 0) is 31.3 Å². The van der Waals surface area contributed by atoms with Gasteiger partial charge in [0.25, 0.3) is 0 Å². The van der Waals surface area contributed by atoms with Crippen molar-refractivity contribution in [3.8, 4) is 28.4 Å². The van der Waals surface area contributed by atoms with E-state index in [1.54, 1.807) is 18.5 Å². The van der Waals surface area contributed by atoms with Crippen LogP contribution in [-0.2, 0) is 0 Å². The summed E-state index contributed by atoms with van der Waals surface area (Å²) in [5, 5.41) is 19.5. The maximum absolute atomic E-state index is 9.78. The molecule has 0 radical (unpaired) electrons. The predicted molar refractivity (Wildman–Crippen MR) is 124 cm³/mol. The number of aromatic nitrogens is 6. The van der Waals surface area contributed by atoms with Crippen LogP contribution in [0, 0.1) is 0 Å². The molecule has 160 valence electrons. The third kappa shape index (κ3) is 3.14. The van der Waals surface area contributed by atoms with Gasteiger partial charge in [-0.15, -0.1) is 0 Å². The highest BCUT2D eigenvalue weighted by Crippen LogP contribution is 2.33. The fourth-order valence-corrected chi connectivity index (χ4v) is 4.28. The van der Waals surface area contributed by atoms with Crippen LogP contribution in [-0.4, -0.2) is 73.4 Å². The first kappa shape index (κ1) is 18.8. The highest BCUT2D eigenvalue weighted by atomic mass is 16.3. The summed E-state index contributed by atoms with van der Waals surface area (Å²) in [6, 6.07) is 7.74. The van der Waals surface area contributed by atoms with E-state index in [-0.39, 0.29) is 5.75 Å². The lowest BCUT2D eigenvalue weighted by molar-refractivity contribution is 0.312. The van der Waals surface area contributed by atoms with Gasteiger partial charge in [0.2, 0.25) is 0 Å². The zero-order valence-electron chi connectivity index (χ0n) is 17.6. The number of hydrogen-bond donors (Lipinski definition) is 3. The number of anilines is 1. The second kappa shape index (κ2) is 7.31. The molecule has 6 heterocycles. The lowest BCUT2D eigenvalue weighted by Crippen LogP contribution is -2.44. The van der Waals surface area contributed by atoms with Gasteiger partial charge in [-0.1, -0.05) is 0 Å². The fourth-order valence-electron chi connectivity index (χ4n) is 4.28. The van der Waals surface area contributed by atoms with E-state index in [1.807, 2.05) is 18.3 Å². The minimum absolute atomic E-state index is 0.108. The van der Waals surface area contributed by atoms with E-state index in [0.717, 1.165) is 76.4 Å². The van der Waals surface area contributed by atoms with Crippen molar-refractivity contribution in [3.63, 3.8) is 0 Å². The molecular weight excluding hydrogens is 404 g/mol. The molecule has 6 rings (SSSR count). The monoisotopic (exact) mass is 426 g/mol. The molecule has 0 unspecified atom stereocenters. The molecule has 3 N–H and O–H groups in total. The lowest BCUT2D eigenvalue weighted by atomic mass is 10.1. The smallest absolute Gasteiger partial charge is 0.138 e. The molecule has 9 nitrogen and oxygen atoms in total. The van der Waals surface area contributed by atoms with Crippen molar-refractivity contribution in [1.29, 1.82) is 0 Å². The molecule has 0 aliphatic carbocycles. The van der Waals surface area contributed by atoms with Crippen LogP contribution >= 0.6 is 0 Å². The van der Waals surface area contributed by atoms with E-state index in [1.165, 1.54) is 6.20 Å². The summed E-state index contributed by atoms with van der Waals surface area (Å²) >= 11 is 0. The number of fused-ring (bicyclic) bond motifs is 2. The quantitative estimate of drug-likeness (QED) is 0.407. The second-order valence-corrected chi connectivity index (χ2v) is 8.19. The van der Waals surface area contributed by atoms with E-state index < -0.39 is 0 Å². The number of pyridine rings is 3. The number of aromatic hydroxyl groups is 1. The van der Waals surface area contributed by atoms with Crippen LogP contribution in [0.3, 0.4) is 0 Å². The molecular formula is C23H22N8O. The minimum Gasteiger partial charge on any atom is -0.506 e. The van der Waals surface area contributed by atoms with E-state index in [2.05, 4.69) is 48.1 Å². The van der Waals surface area contributed by atoms with E-state index in [9.17, 15) is 5.11 Å². The van der Waals surface area contributed by atoms with Crippen molar-refractivity contribution < 1.29 is 5.11 Å². The molecule has 0 aromatic carbocycles. The fraction of sp³-hybridized carbons (Fsp3) is 0.217. The molecule has 1 saturated heterocycles. The summed E-state index contributed by atoms with van der Waals surface area (Å²) in [5.41, 5.74) is 5.08. The third-order valence-corrected chi connectivity index (χ3v) is 6.05. The molecule has 0 atom stereocenters. The zero-order valence-corrected chi connectivity index (χ0v) is 17.6. The Morgan fingerprint density at radius 1 is 0.938 bits per heavy atom. The van der Waals surface area contributed by atoms with Gasteiger partial charge in [-0.3, -0.25) is 15.1 Å². The molecule has 0 amide bonds. The van der Waals surface area contributed by atoms with Crippen LogP contribution in [0.2, 0.25) is 0 Å². The number of nitrogens with zero attached hydrogens (tertiary/aromatic N) is 6. The molecule has 0 bridgehead atoms. The summed E-state index contributed by atoms with van der Waals surface area (Å²) in [6.45, 7) is 3.97. The van der Waals surface area contributed by atoms with Crippen LogP contribution < -0.4 is 4.90 Å². The van der Waals surface area contributed by atoms with Crippen LogP contribution in [0.25, 0.3) is 44.5 Å². The van der Waals surface area contributed by atoms with E-state index in [4.69, 9.17) is 4.98 Å². The van der Waals surface area contributed by atoms with Gasteiger partial charge < -0.3 is 19.9 Å². The first-order valence-corrected chi connectivity index (χ1v) is 10.6. The number of piperazine rings is 1. The normalized spacial score (nSPS) is 15.1. The molecule has 5 aromatic heterocycles. The van der Waals surface area contributed by atoms with Gasteiger partial charge in [-0.2, -0.15) is 5.10 Å². The first-order valence-electron chi connectivity index (χ1n) is 10.6. The number of likely N-dealkylation sites (N-methyl/N-ethyl adjacent to an activating group) is 1. The number of rotatable bonds is 3. The van der Waals surface area contributed by atoms with E-state index in [0.29, 0.717) is 0 Å². The highest BCUT2D eigenvalue weighted by Gasteiger charge is 2.20. The van der Waals surface area contributed by atoms with E-state index >= 15 is 0 Å².